The lowest BCUT2D eigenvalue weighted by Crippen LogP contribution is -2.43. The first-order chi connectivity index (χ1) is 7.47. The summed E-state index contributed by atoms with van der Waals surface area (Å²) in [5.74, 6) is 4.09. The summed E-state index contributed by atoms with van der Waals surface area (Å²) in [6.07, 6.45) is 3.15. The fourth-order valence-electron chi connectivity index (χ4n) is 5.07. The summed E-state index contributed by atoms with van der Waals surface area (Å²) in [6, 6.07) is 0. The predicted octanol–water partition coefficient (Wildman–Crippen LogP) is 3.24. The number of allylic oxidation sites excluding steroid dienone is 1. The van der Waals surface area contributed by atoms with Crippen LogP contribution in [0.1, 0.15) is 40.0 Å². The smallest absolute Gasteiger partial charge is 0.0602 e. The van der Waals surface area contributed by atoms with E-state index in [1.807, 2.05) is 0 Å². The summed E-state index contributed by atoms with van der Waals surface area (Å²) in [6.45, 7) is 11.3. The zero-order valence-corrected chi connectivity index (χ0v) is 10.7. The van der Waals surface area contributed by atoms with Crippen LogP contribution >= 0.6 is 0 Å². The average Bonchev–Trinajstić information content (AvgIpc) is 2.78. The molecule has 0 spiro atoms. The second kappa shape index (κ2) is 3.13. The van der Waals surface area contributed by atoms with Crippen LogP contribution in [0.25, 0.3) is 0 Å². The Hall–Kier alpha value is -0.300. The molecule has 16 heavy (non-hydrogen) atoms. The Bertz CT molecular complexity index is 332. The highest BCUT2D eigenvalue weighted by Gasteiger charge is 2.68. The van der Waals surface area contributed by atoms with E-state index in [1.54, 1.807) is 0 Å². The SMILES string of the molecule is C=C1CC[C@@H](O)[C@]2(C)C[C@@H]3[C@@H](C(C)C)[C@@H]3[C@@H]12. The molecule has 3 fully saturated rings. The number of rotatable bonds is 1. The van der Waals surface area contributed by atoms with Crippen molar-refractivity contribution in [2.75, 3.05) is 0 Å². The van der Waals surface area contributed by atoms with Crippen LogP contribution in [0.15, 0.2) is 12.2 Å². The summed E-state index contributed by atoms with van der Waals surface area (Å²) in [4.78, 5) is 0. The van der Waals surface area contributed by atoms with E-state index in [-0.39, 0.29) is 11.5 Å². The molecule has 0 radical (unpaired) electrons. The first-order valence-corrected chi connectivity index (χ1v) is 6.82. The van der Waals surface area contributed by atoms with Gasteiger partial charge in [-0.05, 0) is 48.9 Å². The van der Waals surface area contributed by atoms with E-state index in [0.29, 0.717) is 5.92 Å². The zero-order valence-electron chi connectivity index (χ0n) is 10.7. The van der Waals surface area contributed by atoms with Crippen molar-refractivity contribution in [1.82, 2.24) is 0 Å². The lowest BCUT2D eigenvalue weighted by Gasteiger charge is -2.45. The Kier molecular flexibility index (Phi) is 2.12. The van der Waals surface area contributed by atoms with E-state index in [2.05, 4.69) is 27.4 Å². The minimum atomic E-state index is -0.0800. The molecule has 0 aromatic carbocycles. The van der Waals surface area contributed by atoms with Crippen molar-refractivity contribution >= 4 is 0 Å². The van der Waals surface area contributed by atoms with Crippen LogP contribution in [-0.4, -0.2) is 11.2 Å². The van der Waals surface area contributed by atoms with Gasteiger partial charge in [0, 0.05) is 5.41 Å². The minimum Gasteiger partial charge on any atom is -0.393 e. The summed E-state index contributed by atoms with van der Waals surface area (Å²) in [7, 11) is 0. The highest BCUT2D eigenvalue weighted by atomic mass is 16.3. The maximum Gasteiger partial charge on any atom is 0.0602 e. The van der Waals surface area contributed by atoms with Gasteiger partial charge in [-0.2, -0.15) is 0 Å². The van der Waals surface area contributed by atoms with Crippen molar-refractivity contribution < 1.29 is 5.11 Å². The van der Waals surface area contributed by atoms with E-state index in [4.69, 9.17) is 0 Å². The van der Waals surface area contributed by atoms with Gasteiger partial charge in [0.05, 0.1) is 6.10 Å². The molecular weight excluding hydrogens is 196 g/mol. The third-order valence-electron chi connectivity index (χ3n) is 5.77. The van der Waals surface area contributed by atoms with Gasteiger partial charge in [0.1, 0.15) is 0 Å². The van der Waals surface area contributed by atoms with Crippen molar-refractivity contribution in [3.05, 3.63) is 12.2 Å². The molecule has 1 heteroatoms. The molecule has 3 saturated carbocycles. The highest BCUT2D eigenvalue weighted by Crippen LogP contribution is 2.73. The van der Waals surface area contributed by atoms with Gasteiger partial charge >= 0.3 is 0 Å². The van der Waals surface area contributed by atoms with E-state index >= 15 is 0 Å². The molecule has 0 unspecified atom stereocenters. The van der Waals surface area contributed by atoms with Crippen molar-refractivity contribution in [1.29, 1.82) is 0 Å². The van der Waals surface area contributed by atoms with Crippen molar-refractivity contribution in [3.8, 4) is 0 Å². The molecule has 0 heterocycles. The number of hydrogen-bond donors (Lipinski definition) is 1. The molecule has 0 bridgehead atoms. The van der Waals surface area contributed by atoms with Crippen LogP contribution in [0.5, 0.6) is 0 Å². The Morgan fingerprint density at radius 3 is 2.75 bits per heavy atom. The van der Waals surface area contributed by atoms with Crippen molar-refractivity contribution in [3.63, 3.8) is 0 Å². The van der Waals surface area contributed by atoms with E-state index in [1.165, 1.54) is 12.0 Å². The van der Waals surface area contributed by atoms with Gasteiger partial charge in [0.2, 0.25) is 0 Å². The molecular formula is C15H24O. The van der Waals surface area contributed by atoms with Gasteiger partial charge in [-0.15, -0.1) is 0 Å². The molecule has 0 saturated heterocycles. The number of aliphatic hydroxyl groups is 1. The van der Waals surface area contributed by atoms with Crippen LogP contribution in [0.2, 0.25) is 0 Å². The quantitative estimate of drug-likeness (QED) is 0.673. The summed E-state index contributed by atoms with van der Waals surface area (Å²) in [5.41, 5.74) is 1.60. The van der Waals surface area contributed by atoms with E-state index in [9.17, 15) is 5.11 Å². The molecule has 1 nitrogen and oxygen atoms in total. The van der Waals surface area contributed by atoms with Crippen LogP contribution in [0.4, 0.5) is 0 Å². The van der Waals surface area contributed by atoms with Crippen LogP contribution in [0.3, 0.4) is 0 Å². The van der Waals surface area contributed by atoms with Gasteiger partial charge in [0.15, 0.2) is 0 Å². The number of fused-ring (bicyclic) bond motifs is 3. The van der Waals surface area contributed by atoms with Gasteiger partial charge in [-0.1, -0.05) is 32.9 Å². The average molecular weight is 220 g/mol. The zero-order chi connectivity index (χ0) is 11.7. The number of aliphatic hydroxyl groups excluding tert-OH is 1. The predicted molar refractivity (Wildman–Crippen MR) is 65.9 cm³/mol. The van der Waals surface area contributed by atoms with Gasteiger partial charge in [0.25, 0.3) is 0 Å². The first kappa shape index (κ1) is 10.8. The van der Waals surface area contributed by atoms with Crippen molar-refractivity contribution in [2.24, 2.45) is 35.0 Å². The molecule has 0 amide bonds. The molecule has 6 atom stereocenters. The third kappa shape index (κ3) is 1.16. The largest absolute Gasteiger partial charge is 0.393 e. The second-order valence-electron chi connectivity index (χ2n) is 6.96. The minimum absolute atomic E-state index is 0.0800. The molecule has 0 aliphatic heterocycles. The molecule has 3 aliphatic carbocycles. The summed E-state index contributed by atoms with van der Waals surface area (Å²) < 4.78 is 0. The van der Waals surface area contributed by atoms with E-state index < -0.39 is 0 Å². The van der Waals surface area contributed by atoms with Crippen LogP contribution in [0, 0.1) is 35.0 Å². The van der Waals surface area contributed by atoms with Gasteiger partial charge in [-0.3, -0.25) is 0 Å². The fraction of sp³-hybridized carbons (Fsp3) is 0.867. The normalized spacial score (nSPS) is 55.1. The van der Waals surface area contributed by atoms with Crippen LogP contribution < -0.4 is 0 Å². The Morgan fingerprint density at radius 2 is 2.12 bits per heavy atom. The maximum absolute atomic E-state index is 10.3. The molecule has 90 valence electrons. The lowest BCUT2D eigenvalue weighted by atomic mass is 9.62. The van der Waals surface area contributed by atoms with Crippen molar-refractivity contribution in [2.45, 2.75) is 46.1 Å². The highest BCUT2D eigenvalue weighted by molar-refractivity contribution is 5.26. The molecule has 0 aromatic heterocycles. The lowest BCUT2D eigenvalue weighted by molar-refractivity contribution is -0.0212. The van der Waals surface area contributed by atoms with Gasteiger partial charge < -0.3 is 5.11 Å². The summed E-state index contributed by atoms with van der Waals surface area (Å²) >= 11 is 0. The second-order valence-corrected chi connectivity index (χ2v) is 6.96. The van der Waals surface area contributed by atoms with E-state index in [0.717, 1.165) is 36.5 Å². The number of hydrogen-bond acceptors (Lipinski definition) is 1. The fourth-order valence-corrected chi connectivity index (χ4v) is 5.07. The molecule has 3 aliphatic rings. The van der Waals surface area contributed by atoms with Gasteiger partial charge in [-0.25, -0.2) is 0 Å². The molecule has 1 N–H and O–H groups in total. The van der Waals surface area contributed by atoms with Crippen LogP contribution in [-0.2, 0) is 0 Å². The molecule has 3 rings (SSSR count). The Balaban J connectivity index is 1.89. The summed E-state index contributed by atoms with van der Waals surface area (Å²) in [5, 5.41) is 10.3. The monoisotopic (exact) mass is 220 g/mol. The standard InChI is InChI=1S/C15H24O/c1-8(2)12-10-7-15(4)11(16)6-5-9(3)14(15)13(10)12/h8,10-14,16H,3,5-7H2,1-2,4H3/t10-,11-,12-,13-,14-,15+/m1/s1. The topological polar surface area (TPSA) is 20.2 Å². The molecule has 0 aromatic rings. The Morgan fingerprint density at radius 1 is 1.44 bits per heavy atom. The first-order valence-electron chi connectivity index (χ1n) is 6.82. The Labute approximate surface area is 98.9 Å². The maximum atomic E-state index is 10.3. The third-order valence-corrected chi connectivity index (χ3v) is 5.77.